The van der Waals surface area contributed by atoms with Crippen molar-refractivity contribution in [3.63, 3.8) is 0 Å². The van der Waals surface area contributed by atoms with E-state index >= 15 is 0 Å². The summed E-state index contributed by atoms with van der Waals surface area (Å²) in [4.78, 5) is 12.2. The highest BCUT2D eigenvalue weighted by atomic mass is 32.1. The number of nitrogens with one attached hydrogen (secondary N) is 1. The number of fused-ring (bicyclic) bond motifs is 1. The predicted molar refractivity (Wildman–Crippen MR) is 84.3 cm³/mol. The second-order valence-corrected chi connectivity index (χ2v) is 5.14. The van der Waals surface area contributed by atoms with Crippen LogP contribution >= 0.6 is 12.2 Å². The molecule has 2 heterocycles. The van der Waals surface area contributed by atoms with Crippen molar-refractivity contribution in [3.8, 4) is 11.3 Å². The van der Waals surface area contributed by atoms with Crippen molar-refractivity contribution >= 4 is 23.1 Å². The fourth-order valence-electron chi connectivity index (χ4n) is 2.26. The molecule has 1 aromatic carbocycles. The third-order valence-electron chi connectivity index (χ3n) is 3.43. The molecule has 3 nitrogen and oxygen atoms in total. The molecule has 0 saturated carbocycles. The number of hydrogen-bond donors (Lipinski definition) is 1. The molecule has 100 valence electrons. The van der Waals surface area contributed by atoms with Crippen LogP contribution in [-0.4, -0.2) is 15.0 Å². The van der Waals surface area contributed by atoms with E-state index in [9.17, 15) is 0 Å². The molecule has 2 aromatic heterocycles. The average Bonchev–Trinajstić information content (AvgIpc) is 2.49. The van der Waals surface area contributed by atoms with Gasteiger partial charge < -0.3 is 4.98 Å². The van der Waals surface area contributed by atoms with Gasteiger partial charge >= 0.3 is 0 Å². The minimum atomic E-state index is 0.664. The van der Waals surface area contributed by atoms with E-state index in [4.69, 9.17) is 12.2 Å². The number of rotatable bonds is 2. The first-order valence-corrected chi connectivity index (χ1v) is 7.05. The molecule has 0 spiro atoms. The largest absolute Gasteiger partial charge is 0.343 e. The Morgan fingerprint density at radius 3 is 2.90 bits per heavy atom. The van der Waals surface area contributed by atoms with Crippen molar-refractivity contribution in [1.29, 1.82) is 0 Å². The summed E-state index contributed by atoms with van der Waals surface area (Å²) < 4.78 is 0.664. The smallest absolute Gasteiger partial charge is 0.133 e. The number of benzene rings is 1. The van der Waals surface area contributed by atoms with E-state index in [-0.39, 0.29) is 0 Å². The number of aromatic amines is 1. The molecule has 3 aromatic rings. The Morgan fingerprint density at radius 2 is 2.10 bits per heavy atom. The molecule has 0 aliphatic carbocycles. The van der Waals surface area contributed by atoms with Gasteiger partial charge in [0.15, 0.2) is 0 Å². The van der Waals surface area contributed by atoms with Crippen LogP contribution in [0, 0.1) is 11.6 Å². The maximum atomic E-state index is 5.34. The number of H-pyrrole nitrogens is 1. The van der Waals surface area contributed by atoms with Crippen molar-refractivity contribution in [1.82, 2.24) is 15.0 Å². The zero-order valence-electron chi connectivity index (χ0n) is 11.5. The fraction of sp³-hybridized carbons (Fsp3) is 0.188. The van der Waals surface area contributed by atoms with E-state index in [1.807, 2.05) is 19.2 Å². The van der Waals surface area contributed by atoms with Gasteiger partial charge in [0.2, 0.25) is 0 Å². The van der Waals surface area contributed by atoms with Crippen LogP contribution in [0.15, 0.2) is 36.5 Å². The van der Waals surface area contributed by atoms with Crippen LogP contribution in [0.5, 0.6) is 0 Å². The third kappa shape index (κ3) is 2.23. The Bertz CT molecular complexity index is 836. The van der Waals surface area contributed by atoms with E-state index < -0.39 is 0 Å². The van der Waals surface area contributed by atoms with Gasteiger partial charge in [-0.25, -0.2) is 4.98 Å². The SMILES string of the molecule is CCc1nc(=S)c(C)c(-c2ccc3cccnc3c2)[nH]1. The van der Waals surface area contributed by atoms with Crippen molar-refractivity contribution in [3.05, 3.63) is 52.6 Å². The van der Waals surface area contributed by atoms with Crippen molar-refractivity contribution in [2.45, 2.75) is 20.3 Å². The lowest BCUT2D eigenvalue weighted by Gasteiger charge is -2.09. The Labute approximate surface area is 122 Å². The highest BCUT2D eigenvalue weighted by Crippen LogP contribution is 2.25. The Balaban J connectivity index is 2.24. The molecule has 1 N–H and O–H groups in total. The maximum Gasteiger partial charge on any atom is 0.133 e. The first-order chi connectivity index (χ1) is 9.69. The fourth-order valence-corrected chi connectivity index (χ4v) is 2.47. The van der Waals surface area contributed by atoms with Gasteiger partial charge in [0.1, 0.15) is 10.5 Å². The zero-order chi connectivity index (χ0) is 14.1. The van der Waals surface area contributed by atoms with Crippen LogP contribution in [0.2, 0.25) is 0 Å². The topological polar surface area (TPSA) is 41.6 Å². The molecule has 3 rings (SSSR count). The van der Waals surface area contributed by atoms with Gasteiger partial charge in [-0.05, 0) is 19.1 Å². The van der Waals surface area contributed by atoms with E-state index in [0.717, 1.165) is 40.0 Å². The Kier molecular flexibility index (Phi) is 3.32. The van der Waals surface area contributed by atoms with Crippen LogP contribution in [-0.2, 0) is 6.42 Å². The lowest BCUT2D eigenvalue weighted by atomic mass is 10.1. The Morgan fingerprint density at radius 1 is 1.25 bits per heavy atom. The van der Waals surface area contributed by atoms with Crippen LogP contribution < -0.4 is 0 Å². The summed E-state index contributed by atoms with van der Waals surface area (Å²) in [6, 6.07) is 10.3. The number of aromatic nitrogens is 3. The van der Waals surface area contributed by atoms with E-state index in [2.05, 4.69) is 46.1 Å². The average molecular weight is 281 g/mol. The third-order valence-corrected chi connectivity index (χ3v) is 3.83. The summed E-state index contributed by atoms with van der Waals surface area (Å²) in [5.41, 5.74) is 4.12. The predicted octanol–water partition coefficient (Wildman–Crippen LogP) is 4.23. The van der Waals surface area contributed by atoms with Gasteiger partial charge in [0.25, 0.3) is 0 Å². The van der Waals surface area contributed by atoms with Crippen molar-refractivity contribution in [2.75, 3.05) is 0 Å². The second-order valence-electron chi connectivity index (χ2n) is 4.75. The monoisotopic (exact) mass is 281 g/mol. The molecule has 4 heteroatoms. The van der Waals surface area contributed by atoms with E-state index in [1.54, 1.807) is 0 Å². The van der Waals surface area contributed by atoms with Gasteiger partial charge in [0.05, 0.1) is 11.2 Å². The molecule has 0 amide bonds. The molecular formula is C16H15N3S. The van der Waals surface area contributed by atoms with Gasteiger partial charge in [-0.1, -0.05) is 37.3 Å². The van der Waals surface area contributed by atoms with E-state index in [0.29, 0.717) is 4.64 Å². The van der Waals surface area contributed by atoms with E-state index in [1.165, 1.54) is 0 Å². The van der Waals surface area contributed by atoms with Crippen LogP contribution in [0.1, 0.15) is 18.3 Å². The van der Waals surface area contributed by atoms with Gasteiger partial charge in [-0.3, -0.25) is 4.98 Å². The maximum absolute atomic E-state index is 5.34. The van der Waals surface area contributed by atoms with Crippen LogP contribution in [0.3, 0.4) is 0 Å². The first-order valence-electron chi connectivity index (χ1n) is 6.64. The molecular weight excluding hydrogens is 266 g/mol. The lowest BCUT2D eigenvalue weighted by molar-refractivity contribution is 0.926. The Hall–Kier alpha value is -2.07. The molecule has 0 aliphatic rings. The highest BCUT2D eigenvalue weighted by molar-refractivity contribution is 7.71. The lowest BCUT2D eigenvalue weighted by Crippen LogP contribution is -1.99. The van der Waals surface area contributed by atoms with Gasteiger partial charge in [-0.2, -0.15) is 0 Å². The summed E-state index contributed by atoms with van der Waals surface area (Å²) in [6.45, 7) is 4.07. The molecule has 0 atom stereocenters. The molecule has 0 aliphatic heterocycles. The normalized spacial score (nSPS) is 10.9. The first kappa shape index (κ1) is 12.9. The molecule has 20 heavy (non-hydrogen) atoms. The molecule has 0 saturated heterocycles. The molecule has 0 radical (unpaired) electrons. The number of nitrogens with zero attached hydrogens (tertiary/aromatic N) is 2. The summed E-state index contributed by atoms with van der Waals surface area (Å²) in [5, 5.41) is 1.14. The minimum absolute atomic E-state index is 0.664. The van der Waals surface area contributed by atoms with Crippen molar-refractivity contribution in [2.24, 2.45) is 0 Å². The summed E-state index contributed by atoms with van der Waals surface area (Å²) in [7, 11) is 0. The zero-order valence-corrected chi connectivity index (χ0v) is 12.3. The number of hydrogen-bond acceptors (Lipinski definition) is 3. The summed E-state index contributed by atoms with van der Waals surface area (Å²) >= 11 is 5.34. The summed E-state index contributed by atoms with van der Waals surface area (Å²) in [5.74, 6) is 0.914. The number of aryl methyl sites for hydroxylation is 1. The molecule has 0 fully saturated rings. The van der Waals surface area contributed by atoms with Gasteiger partial charge in [-0.15, -0.1) is 0 Å². The van der Waals surface area contributed by atoms with Gasteiger partial charge in [0, 0.05) is 29.1 Å². The highest BCUT2D eigenvalue weighted by Gasteiger charge is 2.07. The molecule has 0 unspecified atom stereocenters. The van der Waals surface area contributed by atoms with Crippen LogP contribution in [0.4, 0.5) is 0 Å². The number of pyridine rings is 1. The standard InChI is InChI=1S/C16H15N3S/c1-3-14-18-15(10(2)16(20)19-14)12-7-6-11-5-4-8-17-13(11)9-12/h4-9H,3H2,1-2H3,(H,18,19,20). The molecule has 0 bridgehead atoms. The van der Waals surface area contributed by atoms with Crippen molar-refractivity contribution < 1.29 is 0 Å². The van der Waals surface area contributed by atoms with Crippen LogP contribution in [0.25, 0.3) is 22.2 Å². The second kappa shape index (κ2) is 5.13. The quantitative estimate of drug-likeness (QED) is 0.715. The minimum Gasteiger partial charge on any atom is -0.343 e. The summed E-state index contributed by atoms with van der Waals surface area (Å²) in [6.07, 6.45) is 2.65.